The largest absolute Gasteiger partial charge is 0.506 e. The third kappa shape index (κ3) is 4.81. The summed E-state index contributed by atoms with van der Waals surface area (Å²) in [4.78, 5) is 1.68. The number of nitrogens with zero attached hydrogens (tertiary/aromatic N) is 1. The standard InChI is InChI=1S/C17H20ClN3O5S2/c1-27(23,24)19-12-5-4-6-13(9-12)20-28(25,26)17-11-16(22)15(10-14(17)18)21-7-2-3-8-21/h4-6,9-11,19-20,22H,2-3,7-8H2,1H3. The van der Waals surface area contributed by atoms with Gasteiger partial charge in [-0.05, 0) is 37.1 Å². The lowest BCUT2D eigenvalue weighted by atomic mass is 10.2. The smallest absolute Gasteiger partial charge is 0.263 e. The molecule has 2 aromatic rings. The normalized spacial score (nSPS) is 14.9. The summed E-state index contributed by atoms with van der Waals surface area (Å²) in [6, 6.07) is 8.36. The SMILES string of the molecule is CS(=O)(=O)Nc1cccc(NS(=O)(=O)c2cc(O)c(N3CCCC3)cc2Cl)c1. The van der Waals surface area contributed by atoms with Crippen LogP contribution in [0.3, 0.4) is 0 Å². The molecule has 1 aliphatic rings. The van der Waals surface area contributed by atoms with Crippen LogP contribution in [0.5, 0.6) is 5.75 Å². The van der Waals surface area contributed by atoms with Gasteiger partial charge in [-0.25, -0.2) is 16.8 Å². The van der Waals surface area contributed by atoms with Crippen molar-refractivity contribution in [3.63, 3.8) is 0 Å². The second-order valence-corrected chi connectivity index (χ2v) is 10.3. The number of hydrogen-bond acceptors (Lipinski definition) is 6. The van der Waals surface area contributed by atoms with Gasteiger partial charge >= 0.3 is 0 Å². The number of rotatable bonds is 6. The third-order valence-corrected chi connectivity index (χ3v) is 6.64. The summed E-state index contributed by atoms with van der Waals surface area (Å²) in [5.74, 6) is -0.167. The molecule has 0 bridgehead atoms. The van der Waals surface area contributed by atoms with Crippen molar-refractivity contribution in [1.29, 1.82) is 0 Å². The van der Waals surface area contributed by atoms with Crippen LogP contribution in [-0.2, 0) is 20.0 Å². The fraction of sp³-hybridized carbons (Fsp3) is 0.294. The number of nitrogens with one attached hydrogen (secondary N) is 2. The van der Waals surface area contributed by atoms with Crippen molar-refractivity contribution in [2.75, 3.05) is 33.7 Å². The van der Waals surface area contributed by atoms with Gasteiger partial charge in [0, 0.05) is 19.2 Å². The van der Waals surface area contributed by atoms with Gasteiger partial charge in [0.05, 0.1) is 28.3 Å². The van der Waals surface area contributed by atoms with Crippen molar-refractivity contribution in [1.82, 2.24) is 0 Å². The summed E-state index contributed by atoms with van der Waals surface area (Å²) < 4.78 is 52.8. The Morgan fingerprint density at radius 1 is 1.00 bits per heavy atom. The van der Waals surface area contributed by atoms with Gasteiger partial charge in [-0.3, -0.25) is 9.44 Å². The zero-order chi connectivity index (χ0) is 20.5. The Morgan fingerprint density at radius 3 is 2.21 bits per heavy atom. The van der Waals surface area contributed by atoms with Crippen LogP contribution in [0.4, 0.5) is 17.1 Å². The molecule has 1 heterocycles. The lowest BCUT2D eigenvalue weighted by molar-refractivity contribution is 0.473. The minimum absolute atomic E-state index is 0.0161. The van der Waals surface area contributed by atoms with Crippen LogP contribution < -0.4 is 14.3 Å². The summed E-state index contributed by atoms with van der Waals surface area (Å²) in [5.41, 5.74) is 0.856. The number of phenols is 1. The van der Waals surface area contributed by atoms with E-state index in [1.54, 1.807) is 0 Å². The fourth-order valence-corrected chi connectivity index (χ4v) is 5.17. The molecule has 0 aromatic heterocycles. The molecule has 3 N–H and O–H groups in total. The molecule has 0 spiro atoms. The predicted octanol–water partition coefficient (Wildman–Crippen LogP) is 2.82. The van der Waals surface area contributed by atoms with Crippen LogP contribution >= 0.6 is 11.6 Å². The van der Waals surface area contributed by atoms with Crippen LogP contribution in [-0.4, -0.2) is 41.3 Å². The molecular weight excluding hydrogens is 426 g/mol. The Bertz CT molecular complexity index is 1100. The molecule has 1 aliphatic heterocycles. The van der Waals surface area contributed by atoms with Gasteiger partial charge in [0.2, 0.25) is 10.0 Å². The summed E-state index contributed by atoms with van der Waals surface area (Å²) in [5, 5.41) is 10.3. The molecular formula is C17H20ClN3O5S2. The van der Waals surface area contributed by atoms with E-state index in [-0.39, 0.29) is 27.0 Å². The van der Waals surface area contributed by atoms with E-state index in [9.17, 15) is 21.9 Å². The van der Waals surface area contributed by atoms with Gasteiger partial charge in [-0.1, -0.05) is 17.7 Å². The molecule has 152 valence electrons. The maximum atomic E-state index is 12.7. The summed E-state index contributed by atoms with van der Waals surface area (Å²) >= 11 is 6.20. The van der Waals surface area contributed by atoms with Crippen molar-refractivity contribution in [3.05, 3.63) is 41.4 Å². The van der Waals surface area contributed by atoms with Crippen LogP contribution in [0.1, 0.15) is 12.8 Å². The Morgan fingerprint density at radius 2 is 1.61 bits per heavy atom. The van der Waals surface area contributed by atoms with E-state index in [1.807, 2.05) is 4.90 Å². The van der Waals surface area contributed by atoms with Gasteiger partial charge in [-0.15, -0.1) is 0 Å². The average molecular weight is 446 g/mol. The molecule has 1 saturated heterocycles. The minimum atomic E-state index is -4.10. The lowest BCUT2D eigenvalue weighted by Gasteiger charge is -2.20. The van der Waals surface area contributed by atoms with Crippen LogP contribution in [0, 0.1) is 0 Å². The lowest BCUT2D eigenvalue weighted by Crippen LogP contribution is -2.19. The number of phenolic OH excluding ortho intramolecular Hbond substituents is 1. The third-order valence-electron chi connectivity index (χ3n) is 4.18. The van der Waals surface area contributed by atoms with Crippen molar-refractivity contribution in [2.45, 2.75) is 17.7 Å². The van der Waals surface area contributed by atoms with Gasteiger partial charge in [0.15, 0.2) is 0 Å². The van der Waals surface area contributed by atoms with Gasteiger partial charge < -0.3 is 10.0 Å². The highest BCUT2D eigenvalue weighted by molar-refractivity contribution is 7.93. The molecule has 8 nitrogen and oxygen atoms in total. The van der Waals surface area contributed by atoms with Crippen molar-refractivity contribution in [3.8, 4) is 5.75 Å². The maximum Gasteiger partial charge on any atom is 0.263 e. The van der Waals surface area contributed by atoms with Crippen molar-refractivity contribution in [2.24, 2.45) is 0 Å². The maximum absolute atomic E-state index is 12.7. The second kappa shape index (κ2) is 7.69. The Hall–Kier alpha value is -2.17. The van der Waals surface area contributed by atoms with Crippen molar-refractivity contribution >= 4 is 48.7 Å². The van der Waals surface area contributed by atoms with Crippen molar-refractivity contribution < 1.29 is 21.9 Å². The average Bonchev–Trinajstić information content (AvgIpc) is 3.09. The van der Waals surface area contributed by atoms with Crippen LogP contribution in [0.15, 0.2) is 41.3 Å². The molecule has 0 radical (unpaired) electrons. The zero-order valence-corrected chi connectivity index (χ0v) is 17.4. The number of anilines is 3. The van der Waals surface area contributed by atoms with Crippen LogP contribution in [0.2, 0.25) is 5.02 Å². The quantitative estimate of drug-likeness (QED) is 0.629. The number of halogens is 1. The number of hydrogen-bond donors (Lipinski definition) is 3. The zero-order valence-electron chi connectivity index (χ0n) is 15.0. The summed E-state index contributed by atoms with van der Waals surface area (Å²) in [7, 11) is -7.61. The monoisotopic (exact) mass is 445 g/mol. The van der Waals surface area contributed by atoms with E-state index in [0.29, 0.717) is 5.69 Å². The fourth-order valence-electron chi connectivity index (χ4n) is 3.02. The highest BCUT2D eigenvalue weighted by atomic mass is 35.5. The van der Waals surface area contributed by atoms with E-state index in [0.717, 1.165) is 38.3 Å². The van der Waals surface area contributed by atoms with E-state index < -0.39 is 20.0 Å². The number of aromatic hydroxyl groups is 1. The topological polar surface area (TPSA) is 116 Å². The first-order chi connectivity index (χ1) is 13.0. The highest BCUT2D eigenvalue weighted by Crippen LogP contribution is 2.37. The molecule has 28 heavy (non-hydrogen) atoms. The van der Waals surface area contributed by atoms with Crippen LogP contribution in [0.25, 0.3) is 0 Å². The molecule has 0 saturated carbocycles. The molecule has 1 fully saturated rings. The number of benzene rings is 2. The minimum Gasteiger partial charge on any atom is -0.506 e. The molecule has 0 atom stereocenters. The van der Waals surface area contributed by atoms with E-state index in [1.165, 1.54) is 30.3 Å². The summed E-state index contributed by atoms with van der Waals surface area (Å²) in [6.07, 6.45) is 2.99. The summed E-state index contributed by atoms with van der Waals surface area (Å²) in [6.45, 7) is 1.54. The predicted molar refractivity (Wildman–Crippen MR) is 110 cm³/mol. The van der Waals surface area contributed by atoms with E-state index in [2.05, 4.69) is 9.44 Å². The number of sulfonamides is 2. The first kappa shape index (κ1) is 20.6. The van der Waals surface area contributed by atoms with E-state index >= 15 is 0 Å². The first-order valence-electron chi connectivity index (χ1n) is 8.43. The molecule has 0 aliphatic carbocycles. The molecule has 0 unspecified atom stereocenters. The van der Waals surface area contributed by atoms with E-state index in [4.69, 9.17) is 11.6 Å². The first-order valence-corrected chi connectivity index (χ1v) is 12.2. The van der Waals surface area contributed by atoms with Gasteiger partial charge in [0.25, 0.3) is 10.0 Å². The van der Waals surface area contributed by atoms with Gasteiger partial charge in [-0.2, -0.15) is 0 Å². The molecule has 3 rings (SSSR count). The molecule has 11 heteroatoms. The van der Waals surface area contributed by atoms with Gasteiger partial charge in [0.1, 0.15) is 10.6 Å². The molecule has 0 amide bonds. The highest BCUT2D eigenvalue weighted by Gasteiger charge is 2.24. The molecule has 2 aromatic carbocycles. The Kier molecular flexibility index (Phi) is 5.64. The second-order valence-electron chi connectivity index (χ2n) is 6.53. The Labute approximate surface area is 169 Å². The Balaban J connectivity index is 1.89.